The Morgan fingerprint density at radius 1 is 1.27 bits per heavy atom. The molecule has 0 bridgehead atoms. The lowest BCUT2D eigenvalue weighted by molar-refractivity contribution is -0.149. The lowest BCUT2D eigenvalue weighted by Gasteiger charge is -2.23. The number of ketones is 1. The van der Waals surface area contributed by atoms with E-state index in [9.17, 15) is 19.5 Å². The molecule has 1 amide bonds. The fraction of sp³-hybridized carbons (Fsp3) is 0.526. The highest BCUT2D eigenvalue weighted by atomic mass is 35.5. The molecule has 1 aliphatic carbocycles. The lowest BCUT2D eigenvalue weighted by atomic mass is 9.81. The van der Waals surface area contributed by atoms with Gasteiger partial charge in [0, 0.05) is 37.3 Å². The van der Waals surface area contributed by atoms with Gasteiger partial charge < -0.3 is 15.3 Å². The molecular formula is C19H25ClN2O4. The second-order valence-electron chi connectivity index (χ2n) is 7.22. The molecule has 0 aromatic heterocycles. The monoisotopic (exact) mass is 380 g/mol. The zero-order chi connectivity index (χ0) is 18.0. The fourth-order valence-electron chi connectivity index (χ4n) is 4.18. The van der Waals surface area contributed by atoms with Gasteiger partial charge in [0.2, 0.25) is 5.91 Å². The Kier molecular flexibility index (Phi) is 6.42. The molecule has 0 spiro atoms. The quantitative estimate of drug-likeness (QED) is 0.741. The first-order valence-corrected chi connectivity index (χ1v) is 8.77. The first-order chi connectivity index (χ1) is 11.9. The van der Waals surface area contributed by atoms with Crippen LogP contribution in [0.2, 0.25) is 0 Å². The third-order valence-corrected chi connectivity index (χ3v) is 5.60. The number of anilines is 1. The molecule has 26 heavy (non-hydrogen) atoms. The van der Waals surface area contributed by atoms with E-state index in [2.05, 4.69) is 10.2 Å². The van der Waals surface area contributed by atoms with E-state index in [0.29, 0.717) is 30.8 Å². The third kappa shape index (κ3) is 4.07. The minimum Gasteiger partial charge on any atom is -0.481 e. The summed E-state index contributed by atoms with van der Waals surface area (Å²) < 4.78 is 0. The molecule has 2 N–H and O–H groups in total. The number of Topliss-reactive ketones (excluding diaryl/α,β-unsaturated/α-hetero) is 1. The Balaban J connectivity index is 0.00000243. The Morgan fingerprint density at radius 2 is 1.96 bits per heavy atom. The van der Waals surface area contributed by atoms with Crippen LogP contribution in [0, 0.1) is 11.3 Å². The second-order valence-corrected chi connectivity index (χ2v) is 7.22. The number of rotatable bonds is 6. The van der Waals surface area contributed by atoms with Crippen LogP contribution in [0.3, 0.4) is 0 Å². The van der Waals surface area contributed by atoms with Crippen LogP contribution in [-0.2, 0) is 9.59 Å². The molecule has 3 rings (SSSR count). The van der Waals surface area contributed by atoms with Gasteiger partial charge in [-0.25, -0.2) is 0 Å². The number of hydrogen-bond acceptors (Lipinski definition) is 4. The van der Waals surface area contributed by atoms with E-state index in [1.165, 1.54) is 6.92 Å². The number of carboxylic acids is 1. The average molecular weight is 381 g/mol. The molecule has 1 saturated carbocycles. The van der Waals surface area contributed by atoms with Crippen LogP contribution < -0.4 is 5.32 Å². The Morgan fingerprint density at radius 3 is 2.54 bits per heavy atom. The molecule has 142 valence electrons. The van der Waals surface area contributed by atoms with E-state index < -0.39 is 11.4 Å². The smallest absolute Gasteiger partial charge is 0.311 e. The van der Waals surface area contributed by atoms with Crippen molar-refractivity contribution in [3.05, 3.63) is 29.8 Å². The molecule has 1 saturated heterocycles. The van der Waals surface area contributed by atoms with Crippen molar-refractivity contribution in [2.75, 3.05) is 25.0 Å². The summed E-state index contributed by atoms with van der Waals surface area (Å²) in [5, 5.41) is 12.4. The van der Waals surface area contributed by atoms with Crippen LogP contribution in [0.5, 0.6) is 0 Å². The lowest BCUT2D eigenvalue weighted by Crippen LogP contribution is -2.36. The summed E-state index contributed by atoms with van der Waals surface area (Å²) >= 11 is 0. The van der Waals surface area contributed by atoms with Gasteiger partial charge in [-0.05, 0) is 49.9 Å². The minimum atomic E-state index is -0.687. The van der Waals surface area contributed by atoms with E-state index >= 15 is 0 Å². The van der Waals surface area contributed by atoms with Gasteiger partial charge in [-0.3, -0.25) is 14.4 Å². The van der Waals surface area contributed by atoms with Crippen molar-refractivity contribution in [3.63, 3.8) is 0 Å². The maximum Gasteiger partial charge on any atom is 0.311 e. The number of fused-ring (bicyclic) bond motifs is 1. The summed E-state index contributed by atoms with van der Waals surface area (Å²) in [6, 6.07) is 6.81. The normalized spacial score (nSPS) is 24.6. The molecule has 0 unspecified atom stereocenters. The summed E-state index contributed by atoms with van der Waals surface area (Å²) in [6.07, 6.45) is 3.04. The van der Waals surface area contributed by atoms with Crippen LogP contribution in [0.4, 0.5) is 5.69 Å². The molecule has 2 fully saturated rings. The van der Waals surface area contributed by atoms with Crippen LogP contribution in [0.1, 0.15) is 43.0 Å². The van der Waals surface area contributed by atoms with Gasteiger partial charge in [-0.2, -0.15) is 0 Å². The first kappa shape index (κ1) is 20.4. The van der Waals surface area contributed by atoms with Gasteiger partial charge in [0.1, 0.15) is 0 Å². The van der Waals surface area contributed by atoms with Crippen molar-refractivity contribution in [1.29, 1.82) is 0 Å². The Labute approximate surface area is 159 Å². The molecule has 2 atom stereocenters. The number of hydrogen-bond donors (Lipinski definition) is 2. The zero-order valence-electron chi connectivity index (χ0n) is 14.9. The van der Waals surface area contributed by atoms with E-state index in [1.54, 1.807) is 24.3 Å². The number of benzene rings is 1. The number of amides is 1. The van der Waals surface area contributed by atoms with Crippen molar-refractivity contribution in [3.8, 4) is 0 Å². The highest BCUT2D eigenvalue weighted by Gasteiger charge is 2.54. The predicted octanol–water partition coefficient (Wildman–Crippen LogP) is 2.83. The Hall–Kier alpha value is -1.92. The maximum atomic E-state index is 12.1. The molecule has 7 heteroatoms. The number of nitrogens with zero attached hydrogens (tertiary/aromatic N) is 1. The van der Waals surface area contributed by atoms with Crippen LogP contribution >= 0.6 is 12.4 Å². The first-order valence-electron chi connectivity index (χ1n) is 8.77. The van der Waals surface area contributed by atoms with Crippen molar-refractivity contribution in [1.82, 2.24) is 4.90 Å². The van der Waals surface area contributed by atoms with Gasteiger partial charge >= 0.3 is 5.97 Å². The summed E-state index contributed by atoms with van der Waals surface area (Å²) in [5.74, 6) is -0.582. The van der Waals surface area contributed by atoms with Gasteiger partial charge in [-0.1, -0.05) is 6.42 Å². The predicted molar refractivity (Wildman–Crippen MR) is 101 cm³/mol. The molecule has 1 heterocycles. The summed E-state index contributed by atoms with van der Waals surface area (Å²) in [6.45, 7) is 3.40. The highest BCUT2D eigenvalue weighted by molar-refractivity contribution is 5.95. The molecule has 1 aromatic rings. The highest BCUT2D eigenvalue weighted by Crippen LogP contribution is 2.48. The number of carbonyl (C=O) groups is 3. The minimum absolute atomic E-state index is 0. The van der Waals surface area contributed by atoms with Crippen LogP contribution in [0.25, 0.3) is 0 Å². The summed E-state index contributed by atoms with van der Waals surface area (Å²) in [4.78, 5) is 37.2. The largest absolute Gasteiger partial charge is 0.481 e. The van der Waals surface area contributed by atoms with E-state index in [4.69, 9.17) is 0 Å². The topological polar surface area (TPSA) is 86.7 Å². The Bertz CT molecular complexity index is 691. The standard InChI is InChI=1S/C19H24N2O4.ClH/c1-13(22)14-4-6-16(7-5-14)20-17(23)8-10-21-11-15-3-2-9-19(15,12-21)18(24)25;/h4-7,15H,2-3,8-12H2,1H3,(H,20,23)(H,24,25);1H/t15-,19+;/m0./s1. The second kappa shape index (κ2) is 8.18. The molecule has 2 aliphatic rings. The number of likely N-dealkylation sites (tertiary alicyclic amines) is 1. The molecule has 1 aromatic carbocycles. The summed E-state index contributed by atoms with van der Waals surface area (Å²) in [5.41, 5.74) is 0.676. The van der Waals surface area contributed by atoms with Crippen molar-refractivity contribution >= 4 is 35.8 Å². The molecule has 6 nitrogen and oxygen atoms in total. The average Bonchev–Trinajstić information content (AvgIpc) is 3.11. The van der Waals surface area contributed by atoms with E-state index in [-0.39, 0.29) is 30.0 Å². The van der Waals surface area contributed by atoms with Crippen LogP contribution in [-0.4, -0.2) is 47.3 Å². The van der Waals surface area contributed by atoms with E-state index in [0.717, 1.165) is 25.8 Å². The third-order valence-electron chi connectivity index (χ3n) is 5.60. The van der Waals surface area contributed by atoms with Gasteiger partial charge in [0.25, 0.3) is 0 Å². The molecule has 0 radical (unpaired) electrons. The number of aliphatic carboxylic acids is 1. The van der Waals surface area contributed by atoms with Crippen molar-refractivity contribution in [2.24, 2.45) is 11.3 Å². The summed E-state index contributed by atoms with van der Waals surface area (Å²) in [7, 11) is 0. The number of halogens is 1. The van der Waals surface area contributed by atoms with Crippen molar-refractivity contribution in [2.45, 2.75) is 32.6 Å². The molecular weight excluding hydrogens is 356 g/mol. The fourth-order valence-corrected chi connectivity index (χ4v) is 4.18. The van der Waals surface area contributed by atoms with Gasteiger partial charge in [0.15, 0.2) is 5.78 Å². The number of nitrogens with one attached hydrogen (secondary N) is 1. The zero-order valence-corrected chi connectivity index (χ0v) is 15.7. The number of carboxylic acid groups (broad SMARTS) is 1. The van der Waals surface area contributed by atoms with Crippen LogP contribution in [0.15, 0.2) is 24.3 Å². The van der Waals surface area contributed by atoms with Crippen molar-refractivity contribution < 1.29 is 19.5 Å². The molecule has 1 aliphatic heterocycles. The maximum absolute atomic E-state index is 12.1. The van der Waals surface area contributed by atoms with Gasteiger partial charge in [0.05, 0.1) is 5.41 Å². The number of carbonyl (C=O) groups excluding carboxylic acids is 2. The SMILES string of the molecule is CC(=O)c1ccc(NC(=O)CCN2C[C@@H]3CCC[C@@]3(C(=O)O)C2)cc1.Cl. The van der Waals surface area contributed by atoms with E-state index in [1.807, 2.05) is 0 Å². The van der Waals surface area contributed by atoms with Gasteiger partial charge in [-0.15, -0.1) is 12.4 Å².